The fraction of sp³-hybridized carbons (Fsp3) is 0.455. The van der Waals surface area contributed by atoms with Gasteiger partial charge in [0, 0.05) is 22.5 Å². The summed E-state index contributed by atoms with van der Waals surface area (Å²) in [6.45, 7) is 13.4. The average Bonchev–Trinajstić information content (AvgIpc) is 2.36. The minimum Gasteiger partial charge on any atom is -0.398 e. The van der Waals surface area contributed by atoms with Gasteiger partial charge in [-0.3, -0.25) is 0 Å². The van der Waals surface area contributed by atoms with Crippen molar-refractivity contribution in [3.8, 4) is 11.1 Å². The molecule has 2 heteroatoms. The molecule has 0 bridgehead atoms. The van der Waals surface area contributed by atoms with E-state index in [0.29, 0.717) is 0 Å². The molecule has 2 rings (SSSR count). The van der Waals surface area contributed by atoms with Crippen molar-refractivity contribution >= 4 is 11.4 Å². The molecule has 24 heavy (non-hydrogen) atoms. The zero-order valence-electron chi connectivity index (χ0n) is 16.0. The maximum absolute atomic E-state index is 6.33. The van der Waals surface area contributed by atoms with Gasteiger partial charge in [0.15, 0.2) is 0 Å². The lowest BCUT2D eigenvalue weighted by atomic mass is 9.86. The lowest BCUT2D eigenvalue weighted by molar-refractivity contribution is 0.411. The zero-order chi connectivity index (χ0) is 18.1. The summed E-state index contributed by atoms with van der Waals surface area (Å²) in [4.78, 5) is 0. The lowest BCUT2D eigenvalue weighted by Gasteiger charge is -2.20. The Balaban J connectivity index is 2.32. The lowest BCUT2D eigenvalue weighted by Crippen LogP contribution is -2.10. The Morgan fingerprint density at radius 3 is 1.21 bits per heavy atom. The monoisotopic (exact) mass is 324 g/mol. The van der Waals surface area contributed by atoms with Gasteiger partial charge < -0.3 is 11.5 Å². The third kappa shape index (κ3) is 5.02. The molecule has 130 valence electrons. The van der Waals surface area contributed by atoms with E-state index < -0.39 is 0 Å². The molecule has 0 atom stereocenters. The molecule has 0 aliphatic heterocycles. The van der Waals surface area contributed by atoms with Gasteiger partial charge in [0.05, 0.1) is 0 Å². The van der Waals surface area contributed by atoms with E-state index in [4.69, 9.17) is 11.5 Å². The Kier molecular flexibility index (Phi) is 4.98. The van der Waals surface area contributed by atoms with E-state index in [1.54, 1.807) is 0 Å². The van der Waals surface area contributed by atoms with E-state index in [-0.39, 0.29) is 10.8 Å². The molecule has 0 amide bonds. The van der Waals surface area contributed by atoms with Gasteiger partial charge in [-0.25, -0.2) is 0 Å². The highest BCUT2D eigenvalue weighted by Crippen LogP contribution is 2.34. The summed E-state index contributed by atoms with van der Waals surface area (Å²) in [7, 11) is 0. The number of nitrogen functional groups attached to an aromatic ring is 2. The van der Waals surface area contributed by atoms with Crippen molar-refractivity contribution in [1.82, 2.24) is 0 Å². The van der Waals surface area contributed by atoms with E-state index in [1.807, 2.05) is 0 Å². The quantitative estimate of drug-likeness (QED) is 0.712. The van der Waals surface area contributed by atoms with Crippen molar-refractivity contribution in [3.63, 3.8) is 0 Å². The summed E-state index contributed by atoms with van der Waals surface area (Å²) < 4.78 is 0. The van der Waals surface area contributed by atoms with Crippen molar-refractivity contribution < 1.29 is 0 Å². The third-order valence-corrected chi connectivity index (χ3v) is 3.99. The van der Waals surface area contributed by atoms with Crippen LogP contribution in [0.4, 0.5) is 11.4 Å². The molecule has 2 aromatic rings. The summed E-state index contributed by atoms with van der Waals surface area (Å²) >= 11 is 0. The fourth-order valence-corrected chi connectivity index (χ4v) is 3.16. The van der Waals surface area contributed by atoms with Crippen molar-refractivity contribution in [2.45, 2.75) is 54.4 Å². The van der Waals surface area contributed by atoms with Crippen LogP contribution in [0.5, 0.6) is 0 Å². The smallest absolute Gasteiger partial charge is 0.0397 e. The fourth-order valence-electron chi connectivity index (χ4n) is 3.16. The highest BCUT2D eigenvalue weighted by molar-refractivity contribution is 5.84. The predicted molar refractivity (Wildman–Crippen MR) is 107 cm³/mol. The Labute approximate surface area is 147 Å². The minimum absolute atomic E-state index is 0.252. The standard InChI is InChI=1S/C22H32N2/c1-21(2,3)13-15-7-9-17(19(23)11-15)18-10-8-16(12-20(18)24)14-22(4,5)6/h7-12H,13-14,23-24H2,1-6H3. The maximum atomic E-state index is 6.33. The molecule has 0 radical (unpaired) electrons. The first-order valence-corrected chi connectivity index (χ1v) is 8.72. The second kappa shape index (κ2) is 6.51. The van der Waals surface area contributed by atoms with Crippen LogP contribution in [0.15, 0.2) is 36.4 Å². The van der Waals surface area contributed by atoms with Crippen molar-refractivity contribution in [3.05, 3.63) is 47.5 Å². The molecule has 0 aliphatic rings. The van der Waals surface area contributed by atoms with Gasteiger partial charge >= 0.3 is 0 Å². The first-order valence-electron chi connectivity index (χ1n) is 8.72. The summed E-state index contributed by atoms with van der Waals surface area (Å²) in [6, 6.07) is 12.7. The average molecular weight is 325 g/mol. The zero-order valence-corrected chi connectivity index (χ0v) is 16.0. The number of hydrogen-bond acceptors (Lipinski definition) is 2. The summed E-state index contributed by atoms with van der Waals surface area (Å²) in [5.41, 5.74) is 19.3. The molecule has 0 saturated carbocycles. The van der Waals surface area contributed by atoms with E-state index in [1.165, 1.54) is 11.1 Å². The van der Waals surface area contributed by atoms with Crippen LogP contribution < -0.4 is 11.5 Å². The number of hydrogen-bond donors (Lipinski definition) is 2. The van der Waals surface area contributed by atoms with Crippen molar-refractivity contribution in [2.75, 3.05) is 11.5 Å². The molecular weight excluding hydrogens is 292 g/mol. The Morgan fingerprint density at radius 1 is 0.625 bits per heavy atom. The van der Waals surface area contributed by atoms with Crippen LogP contribution in [0, 0.1) is 10.8 Å². The molecule has 0 aliphatic carbocycles. The Morgan fingerprint density at radius 2 is 0.958 bits per heavy atom. The summed E-state index contributed by atoms with van der Waals surface area (Å²) in [6.07, 6.45) is 2.02. The van der Waals surface area contributed by atoms with Crippen LogP contribution in [-0.2, 0) is 12.8 Å². The number of nitrogens with two attached hydrogens (primary N) is 2. The van der Waals surface area contributed by atoms with Crippen LogP contribution in [0.3, 0.4) is 0 Å². The van der Waals surface area contributed by atoms with E-state index >= 15 is 0 Å². The maximum Gasteiger partial charge on any atom is 0.0397 e. The summed E-state index contributed by atoms with van der Waals surface area (Å²) in [5, 5.41) is 0. The molecule has 0 aromatic heterocycles. The number of anilines is 2. The predicted octanol–water partition coefficient (Wildman–Crippen LogP) is 5.70. The first kappa shape index (κ1) is 18.4. The largest absolute Gasteiger partial charge is 0.398 e. The van der Waals surface area contributed by atoms with Gasteiger partial charge in [-0.15, -0.1) is 0 Å². The van der Waals surface area contributed by atoms with Crippen LogP contribution >= 0.6 is 0 Å². The highest BCUT2D eigenvalue weighted by Gasteiger charge is 2.15. The second-order valence-electron chi connectivity index (χ2n) is 9.32. The van der Waals surface area contributed by atoms with Crippen LogP contribution in [0.2, 0.25) is 0 Å². The number of rotatable bonds is 3. The third-order valence-electron chi connectivity index (χ3n) is 3.99. The summed E-state index contributed by atoms with van der Waals surface area (Å²) in [5.74, 6) is 0. The highest BCUT2D eigenvalue weighted by atomic mass is 14.6. The number of benzene rings is 2. The molecule has 4 N–H and O–H groups in total. The molecule has 0 unspecified atom stereocenters. The molecular formula is C22H32N2. The molecule has 0 spiro atoms. The second-order valence-corrected chi connectivity index (χ2v) is 9.32. The van der Waals surface area contributed by atoms with Gasteiger partial charge in [-0.1, -0.05) is 65.8 Å². The molecule has 0 fully saturated rings. The van der Waals surface area contributed by atoms with Gasteiger partial charge in [-0.2, -0.15) is 0 Å². The molecule has 0 heterocycles. The minimum atomic E-state index is 0.252. The normalized spacial score (nSPS) is 12.4. The Hall–Kier alpha value is -1.96. The molecule has 0 saturated heterocycles. The van der Waals surface area contributed by atoms with E-state index in [0.717, 1.165) is 35.3 Å². The van der Waals surface area contributed by atoms with E-state index in [2.05, 4.69) is 77.9 Å². The van der Waals surface area contributed by atoms with Crippen LogP contribution in [-0.4, -0.2) is 0 Å². The van der Waals surface area contributed by atoms with Gasteiger partial charge in [0.2, 0.25) is 0 Å². The van der Waals surface area contributed by atoms with Gasteiger partial charge in [-0.05, 0) is 46.9 Å². The van der Waals surface area contributed by atoms with Crippen molar-refractivity contribution in [1.29, 1.82) is 0 Å². The van der Waals surface area contributed by atoms with Crippen LogP contribution in [0.25, 0.3) is 11.1 Å². The SMILES string of the molecule is CC(C)(C)Cc1ccc(-c2ccc(CC(C)(C)C)cc2N)c(N)c1. The van der Waals surface area contributed by atoms with Crippen LogP contribution in [0.1, 0.15) is 52.7 Å². The molecule has 2 aromatic carbocycles. The van der Waals surface area contributed by atoms with E-state index in [9.17, 15) is 0 Å². The van der Waals surface area contributed by atoms with Gasteiger partial charge in [0.1, 0.15) is 0 Å². The Bertz CT molecular complexity index is 652. The first-order chi connectivity index (χ1) is 10.9. The van der Waals surface area contributed by atoms with Crippen molar-refractivity contribution in [2.24, 2.45) is 10.8 Å². The molecule has 2 nitrogen and oxygen atoms in total. The van der Waals surface area contributed by atoms with Gasteiger partial charge in [0.25, 0.3) is 0 Å². The topological polar surface area (TPSA) is 52.0 Å².